The van der Waals surface area contributed by atoms with Crippen LogP contribution in [0, 0.1) is 0 Å². The molecule has 2 amide bonds. The number of nitrogens with zero attached hydrogens (tertiary/aromatic N) is 1. The number of hydrogen-bond acceptors (Lipinski definition) is 4. The molecular weight excluding hydrogens is 354 g/mol. The topological polar surface area (TPSA) is 80.3 Å². The second kappa shape index (κ2) is 9.77. The Balaban J connectivity index is 2.08. The number of halogens is 1. The minimum absolute atomic E-state index is 0.133. The number of benzene rings is 1. The summed E-state index contributed by atoms with van der Waals surface area (Å²) in [5, 5.41) is 6.01. The van der Waals surface area contributed by atoms with Gasteiger partial charge in [0.2, 0.25) is 0 Å². The van der Waals surface area contributed by atoms with Crippen LogP contribution in [0.5, 0.6) is 5.75 Å². The zero-order valence-corrected chi connectivity index (χ0v) is 15.6. The summed E-state index contributed by atoms with van der Waals surface area (Å²) in [6.45, 7) is 2.71. The maximum atomic E-state index is 12.5. The van der Waals surface area contributed by atoms with Crippen LogP contribution in [0.3, 0.4) is 0 Å². The third kappa shape index (κ3) is 5.46. The van der Waals surface area contributed by atoms with E-state index in [0.29, 0.717) is 28.6 Å². The largest absolute Gasteiger partial charge is 0.495 e. The predicted octanol–water partition coefficient (Wildman–Crippen LogP) is 3.92. The highest BCUT2D eigenvalue weighted by Gasteiger charge is 2.14. The molecule has 0 spiro atoms. The van der Waals surface area contributed by atoms with Crippen LogP contribution in [0.1, 0.15) is 47.0 Å². The lowest BCUT2D eigenvalue weighted by molar-refractivity contribution is 0.0953. The number of hydrogen-bond donors (Lipinski definition) is 2. The van der Waals surface area contributed by atoms with Gasteiger partial charge in [-0.15, -0.1) is 0 Å². The summed E-state index contributed by atoms with van der Waals surface area (Å²) in [5.41, 5.74) is 0.953. The molecule has 1 aromatic carbocycles. The Morgan fingerprint density at radius 1 is 1.15 bits per heavy atom. The molecule has 0 fully saturated rings. The Morgan fingerprint density at radius 2 is 1.96 bits per heavy atom. The number of anilines is 1. The molecule has 6 nitrogen and oxygen atoms in total. The monoisotopic (exact) mass is 375 g/mol. The predicted molar refractivity (Wildman–Crippen MR) is 102 cm³/mol. The summed E-state index contributed by atoms with van der Waals surface area (Å²) in [6.07, 6.45) is 4.51. The quantitative estimate of drug-likeness (QED) is 0.685. The number of carbonyl (C=O) groups is 2. The number of rotatable bonds is 8. The van der Waals surface area contributed by atoms with Crippen LogP contribution in [-0.4, -0.2) is 30.5 Å². The third-order valence-corrected chi connectivity index (χ3v) is 3.97. The summed E-state index contributed by atoms with van der Waals surface area (Å²) >= 11 is 5.97. The molecule has 0 atom stereocenters. The molecule has 0 aliphatic heterocycles. The highest BCUT2D eigenvalue weighted by Crippen LogP contribution is 2.28. The summed E-state index contributed by atoms with van der Waals surface area (Å²) in [4.78, 5) is 28.7. The fourth-order valence-corrected chi connectivity index (χ4v) is 2.51. The highest BCUT2D eigenvalue weighted by molar-refractivity contribution is 6.31. The van der Waals surface area contributed by atoms with Crippen molar-refractivity contribution in [3.05, 3.63) is 52.8 Å². The number of unbranched alkanes of at least 4 members (excludes halogenated alkanes) is 2. The number of amides is 2. The van der Waals surface area contributed by atoms with Crippen LogP contribution >= 0.6 is 11.6 Å². The van der Waals surface area contributed by atoms with Gasteiger partial charge in [0.1, 0.15) is 11.4 Å². The molecule has 2 N–H and O–H groups in total. The zero-order chi connectivity index (χ0) is 18.9. The van der Waals surface area contributed by atoms with Gasteiger partial charge in [-0.05, 0) is 36.8 Å². The first-order chi connectivity index (χ1) is 12.5. The molecule has 2 aromatic rings. The molecule has 0 radical (unpaired) electrons. The second-order valence-electron chi connectivity index (χ2n) is 5.69. The van der Waals surface area contributed by atoms with E-state index in [1.165, 1.54) is 19.4 Å². The van der Waals surface area contributed by atoms with Crippen LogP contribution in [0.2, 0.25) is 5.02 Å². The van der Waals surface area contributed by atoms with Gasteiger partial charge in [0.15, 0.2) is 0 Å². The van der Waals surface area contributed by atoms with E-state index in [1.54, 1.807) is 24.3 Å². The number of carbonyl (C=O) groups excluding carboxylic acids is 2. The molecule has 0 aliphatic rings. The molecule has 0 unspecified atom stereocenters. The van der Waals surface area contributed by atoms with Gasteiger partial charge in [-0.1, -0.05) is 31.4 Å². The molecule has 0 aliphatic carbocycles. The van der Waals surface area contributed by atoms with Gasteiger partial charge in [0, 0.05) is 23.3 Å². The van der Waals surface area contributed by atoms with Crippen molar-refractivity contribution in [3.63, 3.8) is 0 Å². The van der Waals surface area contributed by atoms with Gasteiger partial charge in [-0.3, -0.25) is 14.6 Å². The van der Waals surface area contributed by atoms with Crippen molar-refractivity contribution >= 4 is 29.1 Å². The Morgan fingerprint density at radius 3 is 2.69 bits per heavy atom. The Bertz CT molecular complexity index is 780. The van der Waals surface area contributed by atoms with Gasteiger partial charge in [-0.25, -0.2) is 0 Å². The lowest BCUT2D eigenvalue weighted by Gasteiger charge is -2.11. The Labute approximate surface area is 157 Å². The average Bonchev–Trinajstić information content (AvgIpc) is 2.65. The van der Waals surface area contributed by atoms with Crippen molar-refractivity contribution in [2.75, 3.05) is 19.0 Å². The van der Waals surface area contributed by atoms with Crippen LogP contribution in [0.15, 0.2) is 36.5 Å². The first-order valence-corrected chi connectivity index (χ1v) is 8.82. The molecule has 2 rings (SSSR count). The summed E-state index contributed by atoms with van der Waals surface area (Å²) < 4.78 is 5.21. The normalized spacial score (nSPS) is 10.3. The van der Waals surface area contributed by atoms with Crippen LogP contribution in [0.25, 0.3) is 0 Å². The first kappa shape index (κ1) is 19.7. The second-order valence-corrected chi connectivity index (χ2v) is 6.13. The van der Waals surface area contributed by atoms with Crippen LogP contribution < -0.4 is 15.4 Å². The van der Waals surface area contributed by atoms with Crippen molar-refractivity contribution in [1.29, 1.82) is 0 Å². The van der Waals surface area contributed by atoms with Gasteiger partial charge >= 0.3 is 0 Å². The number of methoxy groups -OCH3 is 1. The van der Waals surface area contributed by atoms with Crippen LogP contribution in [-0.2, 0) is 0 Å². The van der Waals surface area contributed by atoms with Crippen molar-refractivity contribution in [3.8, 4) is 5.75 Å². The SMILES string of the molecule is CCCCCNC(=O)c1ccnc(C(=O)Nc2cc(Cl)ccc2OC)c1. The van der Waals surface area contributed by atoms with E-state index in [4.69, 9.17) is 16.3 Å². The first-order valence-electron chi connectivity index (χ1n) is 8.44. The molecule has 7 heteroatoms. The average molecular weight is 376 g/mol. The number of nitrogens with one attached hydrogen (secondary N) is 2. The summed E-state index contributed by atoms with van der Waals surface area (Å²) in [5.74, 6) is -0.198. The minimum atomic E-state index is -0.453. The Kier molecular flexibility index (Phi) is 7.41. The van der Waals surface area contributed by atoms with Crippen molar-refractivity contribution in [2.24, 2.45) is 0 Å². The fraction of sp³-hybridized carbons (Fsp3) is 0.316. The fourth-order valence-electron chi connectivity index (χ4n) is 2.34. The molecule has 1 aromatic heterocycles. The third-order valence-electron chi connectivity index (χ3n) is 3.73. The smallest absolute Gasteiger partial charge is 0.274 e. The van der Waals surface area contributed by atoms with E-state index in [2.05, 4.69) is 22.5 Å². The van der Waals surface area contributed by atoms with Gasteiger partial charge in [0.05, 0.1) is 12.8 Å². The van der Waals surface area contributed by atoms with Crippen molar-refractivity contribution < 1.29 is 14.3 Å². The number of pyridine rings is 1. The van der Waals surface area contributed by atoms with E-state index in [1.807, 2.05) is 0 Å². The van der Waals surface area contributed by atoms with Gasteiger partial charge in [0.25, 0.3) is 11.8 Å². The van der Waals surface area contributed by atoms with Crippen molar-refractivity contribution in [2.45, 2.75) is 26.2 Å². The van der Waals surface area contributed by atoms with Gasteiger partial charge in [-0.2, -0.15) is 0 Å². The molecular formula is C19H22ClN3O3. The highest BCUT2D eigenvalue weighted by atomic mass is 35.5. The maximum Gasteiger partial charge on any atom is 0.274 e. The maximum absolute atomic E-state index is 12.5. The molecule has 0 saturated heterocycles. The molecule has 26 heavy (non-hydrogen) atoms. The van der Waals surface area contributed by atoms with Crippen molar-refractivity contribution in [1.82, 2.24) is 10.3 Å². The lowest BCUT2D eigenvalue weighted by Crippen LogP contribution is -2.25. The minimum Gasteiger partial charge on any atom is -0.495 e. The van der Waals surface area contributed by atoms with E-state index in [-0.39, 0.29) is 11.6 Å². The van der Waals surface area contributed by atoms with Crippen LogP contribution in [0.4, 0.5) is 5.69 Å². The standard InChI is InChI=1S/C19H22ClN3O3/c1-3-4-5-9-22-18(24)13-8-10-21-16(11-13)19(25)23-15-12-14(20)6-7-17(15)26-2/h6-8,10-12H,3-5,9H2,1-2H3,(H,22,24)(H,23,25). The molecule has 138 valence electrons. The van der Waals surface area contributed by atoms with E-state index < -0.39 is 5.91 Å². The summed E-state index contributed by atoms with van der Waals surface area (Å²) in [7, 11) is 1.50. The zero-order valence-electron chi connectivity index (χ0n) is 14.8. The Hall–Kier alpha value is -2.60. The van der Waals surface area contributed by atoms with Gasteiger partial charge < -0.3 is 15.4 Å². The number of ether oxygens (including phenoxy) is 1. The van der Waals surface area contributed by atoms with E-state index in [0.717, 1.165) is 19.3 Å². The van der Waals surface area contributed by atoms with E-state index in [9.17, 15) is 9.59 Å². The van der Waals surface area contributed by atoms with E-state index >= 15 is 0 Å². The molecule has 1 heterocycles. The lowest BCUT2D eigenvalue weighted by atomic mass is 10.2. The summed E-state index contributed by atoms with van der Waals surface area (Å²) in [6, 6.07) is 7.94. The number of aromatic nitrogens is 1. The molecule has 0 bridgehead atoms. The molecule has 0 saturated carbocycles.